The molecule has 1 N–H and O–H groups in total. The van der Waals surface area contributed by atoms with E-state index in [1.54, 1.807) is 18.2 Å². The Labute approximate surface area is 176 Å². The molecule has 10 heteroatoms. The Morgan fingerprint density at radius 3 is 2.77 bits per heavy atom. The minimum atomic E-state index is -1.42. The van der Waals surface area contributed by atoms with Crippen LogP contribution < -0.4 is 14.8 Å². The predicted octanol–water partition coefficient (Wildman–Crippen LogP) is 3.38. The normalized spacial score (nSPS) is 20.7. The maximum Gasteiger partial charge on any atom is 0.325 e. The number of fused-ring (bicyclic) bond motifs is 1. The third-order valence-electron chi connectivity index (χ3n) is 5.11. The minimum Gasteiger partial charge on any atom is -0.489 e. The molecule has 1 unspecified atom stereocenters. The van der Waals surface area contributed by atoms with Crippen molar-refractivity contribution in [3.05, 3.63) is 62.7 Å². The number of nitro groups is 1. The number of benzene rings is 2. The Hall–Kier alpha value is -3.33. The summed E-state index contributed by atoms with van der Waals surface area (Å²) in [6, 6.07) is 8.37. The molecule has 156 valence electrons. The lowest BCUT2D eigenvalue weighted by molar-refractivity contribution is -0.385. The van der Waals surface area contributed by atoms with Crippen molar-refractivity contribution in [2.45, 2.75) is 25.4 Å². The average Bonchev–Trinajstić information content (AvgIpc) is 2.88. The number of non-ortho nitro benzene ring substituents is 1. The highest BCUT2D eigenvalue weighted by atomic mass is 35.5. The van der Waals surface area contributed by atoms with Crippen LogP contribution in [0.3, 0.4) is 0 Å². The quantitative estimate of drug-likeness (QED) is 0.451. The van der Waals surface area contributed by atoms with E-state index in [0.717, 1.165) is 11.3 Å². The Morgan fingerprint density at radius 1 is 1.23 bits per heavy atom. The zero-order valence-corrected chi connectivity index (χ0v) is 16.8. The first-order valence-electron chi connectivity index (χ1n) is 9.26. The summed E-state index contributed by atoms with van der Waals surface area (Å²) in [6.45, 7) is 2.44. The van der Waals surface area contributed by atoms with Crippen molar-refractivity contribution in [3.8, 4) is 11.5 Å². The summed E-state index contributed by atoms with van der Waals surface area (Å²) in [7, 11) is 0. The summed E-state index contributed by atoms with van der Waals surface area (Å²) in [5.41, 5.74) is -0.660. The molecule has 0 saturated carbocycles. The van der Waals surface area contributed by atoms with Crippen molar-refractivity contribution < 1.29 is 24.0 Å². The van der Waals surface area contributed by atoms with Gasteiger partial charge in [0.15, 0.2) is 11.5 Å². The Kier molecular flexibility index (Phi) is 4.98. The van der Waals surface area contributed by atoms with Gasteiger partial charge in [-0.05, 0) is 30.2 Å². The maximum atomic E-state index is 13.1. The zero-order chi connectivity index (χ0) is 21.5. The fraction of sp³-hybridized carbons (Fsp3) is 0.300. The second kappa shape index (κ2) is 7.49. The topological polar surface area (TPSA) is 111 Å². The number of imide groups is 1. The number of rotatable bonds is 4. The molecule has 0 radical (unpaired) electrons. The molecule has 9 nitrogen and oxygen atoms in total. The number of carbonyl (C=O) groups is 2. The van der Waals surface area contributed by atoms with E-state index in [9.17, 15) is 19.7 Å². The maximum absolute atomic E-state index is 13.1. The van der Waals surface area contributed by atoms with Gasteiger partial charge >= 0.3 is 6.03 Å². The lowest BCUT2D eigenvalue weighted by atomic mass is 9.91. The number of urea groups is 1. The van der Waals surface area contributed by atoms with Crippen LogP contribution >= 0.6 is 11.6 Å². The Morgan fingerprint density at radius 2 is 2.00 bits per heavy atom. The highest BCUT2D eigenvalue weighted by molar-refractivity contribution is 6.32. The number of amides is 3. The molecule has 0 aliphatic carbocycles. The fourth-order valence-electron chi connectivity index (χ4n) is 3.52. The van der Waals surface area contributed by atoms with Crippen molar-refractivity contribution >= 4 is 29.2 Å². The monoisotopic (exact) mass is 431 g/mol. The van der Waals surface area contributed by atoms with Gasteiger partial charge in [-0.15, -0.1) is 0 Å². The van der Waals surface area contributed by atoms with Gasteiger partial charge in [-0.1, -0.05) is 23.7 Å². The first-order chi connectivity index (χ1) is 14.3. The van der Waals surface area contributed by atoms with Crippen molar-refractivity contribution in [2.24, 2.45) is 0 Å². The van der Waals surface area contributed by atoms with Crippen molar-refractivity contribution in [1.82, 2.24) is 10.2 Å². The second-order valence-electron chi connectivity index (χ2n) is 7.21. The van der Waals surface area contributed by atoms with E-state index in [1.807, 2.05) is 0 Å². The SMILES string of the molecule is CC1(c2cccc([N+](=O)[O-])c2)NC(=O)N(Cc2cc(Cl)c3c(c2)OCCCO3)C1=O. The van der Waals surface area contributed by atoms with Gasteiger partial charge in [0.2, 0.25) is 0 Å². The van der Waals surface area contributed by atoms with E-state index in [-0.39, 0.29) is 12.2 Å². The number of hydrogen-bond acceptors (Lipinski definition) is 6. The summed E-state index contributed by atoms with van der Waals surface area (Å²) >= 11 is 6.30. The number of ether oxygens (including phenoxy) is 2. The number of carbonyl (C=O) groups excluding carboxylic acids is 2. The van der Waals surface area contributed by atoms with Crippen molar-refractivity contribution in [1.29, 1.82) is 0 Å². The van der Waals surface area contributed by atoms with Gasteiger partial charge in [-0.25, -0.2) is 4.79 Å². The smallest absolute Gasteiger partial charge is 0.325 e. The number of halogens is 1. The number of nitrogens with zero attached hydrogens (tertiary/aromatic N) is 2. The van der Waals surface area contributed by atoms with Gasteiger partial charge in [0, 0.05) is 18.6 Å². The third-order valence-corrected chi connectivity index (χ3v) is 5.39. The molecule has 0 bridgehead atoms. The summed E-state index contributed by atoms with van der Waals surface area (Å²) < 4.78 is 11.3. The van der Waals surface area contributed by atoms with Crippen LogP contribution in [0.2, 0.25) is 5.02 Å². The van der Waals surface area contributed by atoms with Gasteiger partial charge in [-0.3, -0.25) is 19.8 Å². The molecule has 1 fully saturated rings. The highest BCUT2D eigenvalue weighted by Gasteiger charge is 2.49. The van der Waals surface area contributed by atoms with Gasteiger partial charge in [-0.2, -0.15) is 0 Å². The lowest BCUT2D eigenvalue weighted by Crippen LogP contribution is -2.40. The Bertz CT molecular complexity index is 1060. The second-order valence-corrected chi connectivity index (χ2v) is 7.62. The standard InChI is InChI=1S/C20H18ClN3O6/c1-20(13-4-2-5-14(10-13)24(27)28)18(25)23(19(26)22-20)11-12-8-15(21)17-16(9-12)29-6-3-7-30-17/h2,4-5,8-10H,3,6-7,11H2,1H3,(H,22,26). The summed E-state index contributed by atoms with van der Waals surface area (Å²) in [6.07, 6.45) is 0.717. The van der Waals surface area contributed by atoms with E-state index in [4.69, 9.17) is 21.1 Å². The van der Waals surface area contributed by atoms with Gasteiger partial charge in [0.25, 0.3) is 11.6 Å². The molecule has 3 amide bonds. The molecule has 0 aromatic heterocycles. The van der Waals surface area contributed by atoms with E-state index in [1.165, 1.54) is 25.1 Å². The first-order valence-corrected chi connectivity index (χ1v) is 9.64. The molecule has 2 aliphatic rings. The number of nitro benzene ring substituents is 1. The third kappa shape index (κ3) is 3.41. The van der Waals surface area contributed by atoms with E-state index in [2.05, 4.69) is 5.32 Å². The first kappa shape index (κ1) is 20.0. The van der Waals surface area contributed by atoms with Crippen LogP contribution in [-0.2, 0) is 16.9 Å². The van der Waals surface area contributed by atoms with E-state index in [0.29, 0.717) is 40.9 Å². The van der Waals surface area contributed by atoms with Crippen LogP contribution in [0.5, 0.6) is 11.5 Å². The molecule has 1 saturated heterocycles. The summed E-state index contributed by atoms with van der Waals surface area (Å²) in [5, 5.41) is 14.1. The molecule has 2 aromatic rings. The fourth-order valence-corrected chi connectivity index (χ4v) is 3.81. The number of hydrogen-bond donors (Lipinski definition) is 1. The van der Waals surface area contributed by atoms with E-state index >= 15 is 0 Å². The van der Waals surface area contributed by atoms with Crippen LogP contribution in [0.1, 0.15) is 24.5 Å². The molecule has 1 atom stereocenters. The molecular formula is C20H18ClN3O6. The van der Waals surface area contributed by atoms with Crippen LogP contribution in [0, 0.1) is 10.1 Å². The molecule has 30 heavy (non-hydrogen) atoms. The van der Waals surface area contributed by atoms with Gasteiger partial charge < -0.3 is 14.8 Å². The lowest BCUT2D eigenvalue weighted by Gasteiger charge is -2.22. The van der Waals surface area contributed by atoms with Crippen LogP contribution in [0.4, 0.5) is 10.5 Å². The van der Waals surface area contributed by atoms with Crippen molar-refractivity contribution in [3.63, 3.8) is 0 Å². The summed E-state index contributed by atoms with van der Waals surface area (Å²) in [4.78, 5) is 37.3. The predicted molar refractivity (Wildman–Crippen MR) is 107 cm³/mol. The molecule has 2 heterocycles. The zero-order valence-electron chi connectivity index (χ0n) is 16.0. The largest absolute Gasteiger partial charge is 0.489 e. The van der Waals surface area contributed by atoms with Gasteiger partial charge in [0.05, 0.1) is 29.7 Å². The molecular weight excluding hydrogens is 414 g/mol. The minimum absolute atomic E-state index is 0.0362. The highest BCUT2D eigenvalue weighted by Crippen LogP contribution is 2.39. The molecule has 2 aliphatic heterocycles. The van der Waals surface area contributed by atoms with Gasteiger partial charge in [0.1, 0.15) is 5.54 Å². The molecule has 4 rings (SSSR count). The van der Waals surface area contributed by atoms with E-state index < -0.39 is 22.4 Å². The molecule has 2 aromatic carbocycles. The molecule has 0 spiro atoms. The summed E-state index contributed by atoms with van der Waals surface area (Å²) in [5.74, 6) is 0.385. The van der Waals surface area contributed by atoms with Crippen molar-refractivity contribution in [2.75, 3.05) is 13.2 Å². The number of nitrogens with one attached hydrogen (secondary N) is 1. The van der Waals surface area contributed by atoms with Crippen LogP contribution in [0.25, 0.3) is 0 Å². The average molecular weight is 432 g/mol. The Balaban J connectivity index is 1.62. The van der Waals surface area contributed by atoms with Crippen LogP contribution in [-0.4, -0.2) is 35.0 Å². The van der Waals surface area contributed by atoms with Crippen LogP contribution in [0.15, 0.2) is 36.4 Å².